The quantitative estimate of drug-likeness (QED) is 0.266. The predicted octanol–water partition coefficient (Wildman–Crippen LogP) is 6.84. The van der Waals surface area contributed by atoms with Crippen molar-refractivity contribution in [2.24, 2.45) is 0 Å². The van der Waals surface area contributed by atoms with Crippen molar-refractivity contribution in [2.75, 3.05) is 57.6 Å². The molecule has 0 fully saturated rings. The highest BCUT2D eigenvalue weighted by Crippen LogP contribution is 2.32. The summed E-state index contributed by atoms with van der Waals surface area (Å²) in [6.07, 6.45) is 17.8. The second kappa shape index (κ2) is 15.2. The molecule has 2 aromatic carbocycles. The van der Waals surface area contributed by atoms with E-state index in [1.165, 1.54) is 33.7 Å². The second-order valence-electron chi connectivity index (χ2n) is 11.3. The molecule has 4 rings (SSSR count). The first-order chi connectivity index (χ1) is 20.4. The van der Waals surface area contributed by atoms with Crippen LogP contribution in [0.5, 0.6) is 0 Å². The zero-order valence-corrected chi connectivity index (χ0v) is 26.0. The molecular formula is C36H47N4O2+. The maximum absolute atomic E-state index is 12.4. The molecule has 1 atom stereocenters. The van der Waals surface area contributed by atoms with E-state index in [0.717, 1.165) is 44.3 Å². The molecule has 0 aromatic heterocycles. The molecule has 0 saturated heterocycles. The average molecular weight is 568 g/mol. The number of ether oxygens (including phenoxy) is 1. The molecular weight excluding hydrogens is 520 g/mol. The van der Waals surface area contributed by atoms with E-state index in [0.29, 0.717) is 13.1 Å². The summed E-state index contributed by atoms with van der Waals surface area (Å²) in [6.45, 7) is 4.24. The lowest BCUT2D eigenvalue weighted by Gasteiger charge is -2.24. The van der Waals surface area contributed by atoms with Gasteiger partial charge in [-0.3, -0.25) is 0 Å². The Morgan fingerprint density at radius 3 is 2.10 bits per heavy atom. The van der Waals surface area contributed by atoms with E-state index in [1.807, 2.05) is 0 Å². The summed E-state index contributed by atoms with van der Waals surface area (Å²) < 4.78 is 7.82. The number of amides is 1. The molecule has 6 nitrogen and oxygen atoms in total. The minimum absolute atomic E-state index is 0.00777. The monoisotopic (exact) mass is 567 g/mol. The Bertz CT molecular complexity index is 1330. The van der Waals surface area contributed by atoms with E-state index >= 15 is 0 Å². The number of allylic oxidation sites excluding steroid dienone is 7. The molecule has 1 N–H and O–H groups in total. The molecule has 0 bridgehead atoms. The van der Waals surface area contributed by atoms with Crippen LogP contribution in [0, 0.1) is 0 Å². The number of alkyl carbamates (subject to hydrolysis) is 1. The Morgan fingerprint density at radius 1 is 0.881 bits per heavy atom. The standard InChI is InChI=1S/C36H46N4O2/c1-6-40(27-26-37-36(41)42-34-12-10-8-7-9-11-13-34)33-24-18-30(19-25-33)35(28-14-20-31(21-15-28)38(2)3)29-16-22-32(23-17-29)39(4)5/h7-8,14-25,34H,6,9-13,26-27H2,1-5H3/p+1. The van der Waals surface area contributed by atoms with Gasteiger partial charge in [-0.2, -0.15) is 0 Å². The summed E-state index contributed by atoms with van der Waals surface area (Å²) in [4.78, 5) is 16.8. The molecule has 42 heavy (non-hydrogen) atoms. The van der Waals surface area contributed by atoms with Crippen molar-refractivity contribution in [3.63, 3.8) is 0 Å². The molecule has 0 radical (unpaired) electrons. The third-order valence-electron chi connectivity index (χ3n) is 7.89. The second-order valence-corrected chi connectivity index (χ2v) is 11.3. The highest BCUT2D eigenvalue weighted by Gasteiger charge is 2.16. The predicted molar refractivity (Wildman–Crippen MR) is 177 cm³/mol. The van der Waals surface area contributed by atoms with Crippen molar-refractivity contribution in [2.45, 2.75) is 45.1 Å². The van der Waals surface area contributed by atoms with Gasteiger partial charge in [-0.15, -0.1) is 0 Å². The summed E-state index contributed by atoms with van der Waals surface area (Å²) in [5.74, 6) is 0. The van der Waals surface area contributed by atoms with Crippen LogP contribution in [-0.4, -0.2) is 70.3 Å². The normalized spacial score (nSPS) is 16.5. The van der Waals surface area contributed by atoms with Gasteiger partial charge in [-0.25, -0.2) is 9.37 Å². The zero-order valence-electron chi connectivity index (χ0n) is 26.0. The number of benzene rings is 2. The fraction of sp³-hybridized carbons (Fsp3) is 0.389. The van der Waals surface area contributed by atoms with Crippen LogP contribution in [0.4, 0.5) is 16.2 Å². The molecule has 1 unspecified atom stereocenters. The van der Waals surface area contributed by atoms with Crippen molar-refractivity contribution in [1.29, 1.82) is 0 Å². The molecule has 6 heteroatoms. The van der Waals surface area contributed by atoms with Gasteiger partial charge >= 0.3 is 6.09 Å². The van der Waals surface area contributed by atoms with Crippen molar-refractivity contribution < 1.29 is 14.1 Å². The summed E-state index contributed by atoms with van der Waals surface area (Å²) in [5, 5.41) is 2.97. The number of nitrogens with zero attached hydrogens (tertiary/aromatic N) is 3. The number of carbonyl (C=O) groups is 1. The van der Waals surface area contributed by atoms with Crippen LogP contribution in [0.2, 0.25) is 0 Å². The summed E-state index contributed by atoms with van der Waals surface area (Å²) >= 11 is 0. The summed E-state index contributed by atoms with van der Waals surface area (Å²) in [6, 6.07) is 17.5. The molecule has 0 saturated carbocycles. The SMILES string of the molecule is CCN(CCNC(=O)OC1CCC=CCCC1)c1ccc(C(=C2C=CC(=[N+](C)C)C=C2)c2ccc(N(C)C)cc2)cc1. The van der Waals surface area contributed by atoms with Gasteiger partial charge < -0.3 is 19.9 Å². The van der Waals surface area contributed by atoms with Crippen LogP contribution in [0.15, 0.2) is 90.6 Å². The molecule has 0 aliphatic heterocycles. The highest BCUT2D eigenvalue weighted by molar-refractivity contribution is 6.04. The van der Waals surface area contributed by atoms with E-state index in [2.05, 4.69) is 140 Å². The van der Waals surface area contributed by atoms with Gasteiger partial charge in [0.05, 0.1) is 0 Å². The van der Waals surface area contributed by atoms with Crippen molar-refractivity contribution in [1.82, 2.24) is 5.32 Å². The number of nitrogens with one attached hydrogen (secondary N) is 1. The van der Waals surface area contributed by atoms with Crippen LogP contribution < -0.4 is 15.1 Å². The topological polar surface area (TPSA) is 47.8 Å². The molecule has 2 aliphatic rings. The van der Waals surface area contributed by atoms with E-state index < -0.39 is 0 Å². The van der Waals surface area contributed by atoms with Crippen molar-refractivity contribution in [3.05, 3.63) is 102 Å². The minimum Gasteiger partial charge on any atom is -0.446 e. The average Bonchev–Trinajstić information content (AvgIpc) is 2.98. The van der Waals surface area contributed by atoms with E-state index in [-0.39, 0.29) is 12.2 Å². The molecule has 0 heterocycles. The van der Waals surface area contributed by atoms with Crippen LogP contribution >= 0.6 is 0 Å². The Morgan fingerprint density at radius 2 is 1.50 bits per heavy atom. The smallest absolute Gasteiger partial charge is 0.407 e. The Hall–Kier alpha value is -4.06. The number of hydrogen-bond donors (Lipinski definition) is 1. The van der Waals surface area contributed by atoms with Crippen molar-refractivity contribution in [3.8, 4) is 0 Å². The number of rotatable bonds is 9. The van der Waals surface area contributed by atoms with Crippen LogP contribution in [-0.2, 0) is 4.74 Å². The van der Waals surface area contributed by atoms with Gasteiger partial charge in [0.15, 0.2) is 5.71 Å². The Balaban J connectivity index is 1.46. The van der Waals surface area contributed by atoms with Crippen molar-refractivity contribution >= 4 is 28.8 Å². The van der Waals surface area contributed by atoms with Crippen LogP contribution in [0.1, 0.15) is 50.2 Å². The first-order valence-electron chi connectivity index (χ1n) is 15.2. The molecule has 2 aliphatic carbocycles. The number of likely N-dealkylation sites (N-methyl/N-ethyl adjacent to an activating group) is 1. The fourth-order valence-corrected chi connectivity index (χ4v) is 5.39. The zero-order chi connectivity index (χ0) is 29.9. The number of hydrogen-bond acceptors (Lipinski definition) is 4. The van der Waals surface area contributed by atoms with Gasteiger partial charge in [0, 0.05) is 57.3 Å². The summed E-state index contributed by atoms with van der Waals surface area (Å²) in [7, 11) is 8.25. The van der Waals surface area contributed by atoms with Gasteiger partial charge in [-0.1, -0.05) is 36.4 Å². The summed E-state index contributed by atoms with van der Waals surface area (Å²) in [5.41, 5.74) is 8.22. The van der Waals surface area contributed by atoms with Gasteiger partial charge in [0.1, 0.15) is 20.2 Å². The maximum atomic E-state index is 12.4. The molecule has 2 aromatic rings. The molecule has 1 amide bonds. The maximum Gasteiger partial charge on any atom is 0.407 e. The third kappa shape index (κ3) is 8.48. The fourth-order valence-electron chi connectivity index (χ4n) is 5.39. The van der Waals surface area contributed by atoms with Crippen LogP contribution in [0.25, 0.3) is 5.57 Å². The molecule has 222 valence electrons. The lowest BCUT2D eigenvalue weighted by Crippen LogP contribution is -2.36. The first-order valence-corrected chi connectivity index (χ1v) is 15.2. The van der Waals surface area contributed by atoms with Crippen LogP contribution in [0.3, 0.4) is 0 Å². The van der Waals surface area contributed by atoms with Gasteiger partial charge in [-0.05, 0) is 97.7 Å². The van der Waals surface area contributed by atoms with E-state index in [9.17, 15) is 4.79 Å². The Kier molecular flexibility index (Phi) is 11.2. The van der Waals surface area contributed by atoms with Gasteiger partial charge in [0.25, 0.3) is 0 Å². The van der Waals surface area contributed by atoms with Gasteiger partial charge in [0.2, 0.25) is 0 Å². The Labute approximate surface area is 252 Å². The van der Waals surface area contributed by atoms with E-state index in [1.54, 1.807) is 0 Å². The first kappa shape index (κ1) is 30.9. The molecule has 0 spiro atoms. The number of anilines is 2. The largest absolute Gasteiger partial charge is 0.446 e. The highest BCUT2D eigenvalue weighted by atomic mass is 16.6. The lowest BCUT2D eigenvalue weighted by atomic mass is 9.90. The number of carbonyl (C=O) groups excluding carboxylic acids is 1. The third-order valence-corrected chi connectivity index (χ3v) is 7.89. The lowest BCUT2D eigenvalue weighted by molar-refractivity contribution is -0.462. The minimum atomic E-state index is -0.309. The van der Waals surface area contributed by atoms with E-state index in [4.69, 9.17) is 4.74 Å².